The van der Waals surface area contributed by atoms with Crippen LogP contribution in [0.2, 0.25) is 0 Å². The molecular weight excluding hydrogens is 392 g/mol. The van der Waals surface area contributed by atoms with Gasteiger partial charge in [-0.2, -0.15) is 0 Å². The summed E-state index contributed by atoms with van der Waals surface area (Å²) in [4.78, 5) is 0. The topological polar surface area (TPSA) is 36.9 Å². The highest BCUT2D eigenvalue weighted by Gasteiger charge is 2.10. The van der Waals surface area contributed by atoms with Gasteiger partial charge in [-0.05, 0) is 57.8 Å². The van der Waals surface area contributed by atoms with Gasteiger partial charge in [0, 0.05) is 22.2 Å². The summed E-state index contributed by atoms with van der Waals surface area (Å²) >= 11 is 6.92. The summed E-state index contributed by atoms with van der Waals surface area (Å²) in [6, 6.07) is 3.76. The highest BCUT2D eigenvalue weighted by molar-refractivity contribution is 9.13. The van der Waals surface area contributed by atoms with Gasteiger partial charge < -0.3 is 18.9 Å². The van der Waals surface area contributed by atoms with E-state index in [4.69, 9.17) is 18.9 Å². The van der Waals surface area contributed by atoms with E-state index in [1.54, 1.807) is 0 Å². The molecule has 0 aliphatic heterocycles. The molecule has 0 spiro atoms. The lowest BCUT2D eigenvalue weighted by Crippen LogP contribution is -2.10. The zero-order valence-corrected chi connectivity index (χ0v) is 15.0. The lowest BCUT2D eigenvalue weighted by atomic mass is 10.3. The number of hydrogen-bond acceptors (Lipinski definition) is 4. The Hall–Kier alpha value is -0.300. The predicted molar refractivity (Wildman–Crippen MR) is 85.8 cm³/mol. The summed E-state index contributed by atoms with van der Waals surface area (Å²) < 4.78 is 23.7. The van der Waals surface area contributed by atoms with Crippen molar-refractivity contribution < 1.29 is 18.9 Å². The van der Waals surface area contributed by atoms with Gasteiger partial charge in [0.05, 0.1) is 13.2 Å². The van der Waals surface area contributed by atoms with Crippen molar-refractivity contribution in [3.63, 3.8) is 0 Å². The number of hydrogen-bond donors (Lipinski definition) is 0. The molecule has 0 atom stereocenters. The fourth-order valence-corrected chi connectivity index (χ4v) is 2.09. The van der Waals surface area contributed by atoms with E-state index >= 15 is 0 Å². The van der Waals surface area contributed by atoms with Gasteiger partial charge in [-0.1, -0.05) is 0 Å². The van der Waals surface area contributed by atoms with Gasteiger partial charge in [-0.3, -0.25) is 0 Å². The molecule has 0 aliphatic rings. The smallest absolute Gasteiger partial charge is 0.162 e. The molecule has 1 rings (SSSR count). The Morgan fingerprint density at radius 1 is 0.750 bits per heavy atom. The van der Waals surface area contributed by atoms with Crippen LogP contribution in [0.3, 0.4) is 0 Å². The van der Waals surface area contributed by atoms with Crippen LogP contribution in [0.4, 0.5) is 0 Å². The molecule has 0 radical (unpaired) electrons. The van der Waals surface area contributed by atoms with Crippen molar-refractivity contribution in [2.24, 2.45) is 0 Å². The fraction of sp³-hybridized carbons (Fsp3) is 0.571. The van der Waals surface area contributed by atoms with Gasteiger partial charge in [-0.25, -0.2) is 0 Å². The van der Waals surface area contributed by atoms with Crippen molar-refractivity contribution in [1.29, 1.82) is 0 Å². The average molecular weight is 412 g/mol. The molecule has 0 fully saturated rings. The zero-order valence-electron chi connectivity index (χ0n) is 11.8. The molecule has 0 saturated heterocycles. The van der Waals surface area contributed by atoms with Gasteiger partial charge in [0.2, 0.25) is 0 Å². The number of benzene rings is 1. The molecule has 6 heteroatoms. The molecule has 0 saturated carbocycles. The van der Waals surface area contributed by atoms with Crippen LogP contribution < -0.4 is 9.47 Å². The Kier molecular flexibility index (Phi) is 9.26. The molecule has 0 aromatic heterocycles. The molecule has 0 N–H and O–H groups in total. The lowest BCUT2D eigenvalue weighted by Gasteiger charge is -2.14. The van der Waals surface area contributed by atoms with Gasteiger partial charge in [-0.15, -0.1) is 0 Å². The second-order valence-electron chi connectivity index (χ2n) is 3.80. The van der Waals surface area contributed by atoms with Crippen molar-refractivity contribution in [3.05, 3.63) is 21.1 Å². The van der Waals surface area contributed by atoms with Gasteiger partial charge >= 0.3 is 0 Å². The van der Waals surface area contributed by atoms with Crippen LogP contribution in [0, 0.1) is 0 Å². The van der Waals surface area contributed by atoms with Crippen LogP contribution in [0.5, 0.6) is 11.5 Å². The van der Waals surface area contributed by atoms with E-state index in [1.165, 1.54) is 0 Å². The van der Waals surface area contributed by atoms with E-state index in [-0.39, 0.29) is 0 Å². The molecule has 0 unspecified atom stereocenters. The van der Waals surface area contributed by atoms with Crippen LogP contribution in [-0.2, 0) is 9.47 Å². The highest BCUT2D eigenvalue weighted by atomic mass is 79.9. The Morgan fingerprint density at radius 2 is 1.15 bits per heavy atom. The van der Waals surface area contributed by atoms with Crippen molar-refractivity contribution in [2.75, 3.05) is 39.6 Å². The lowest BCUT2D eigenvalue weighted by molar-refractivity contribution is 0.0999. The van der Waals surface area contributed by atoms with Crippen LogP contribution in [-0.4, -0.2) is 39.6 Å². The monoisotopic (exact) mass is 410 g/mol. The summed E-state index contributed by atoms with van der Waals surface area (Å²) in [5, 5.41) is 0. The van der Waals surface area contributed by atoms with Gasteiger partial charge in [0.25, 0.3) is 0 Å². The normalized spacial score (nSPS) is 10.6. The first-order chi connectivity index (χ1) is 9.69. The zero-order chi connectivity index (χ0) is 14.8. The molecule has 1 aromatic rings. The maximum absolute atomic E-state index is 5.69. The minimum Gasteiger partial charge on any atom is -0.487 e. The highest BCUT2D eigenvalue weighted by Crippen LogP contribution is 2.36. The van der Waals surface area contributed by atoms with Crippen LogP contribution >= 0.6 is 31.9 Å². The molecule has 4 nitrogen and oxygen atoms in total. The van der Waals surface area contributed by atoms with Crippen LogP contribution in [0.1, 0.15) is 13.8 Å². The molecule has 0 amide bonds. The van der Waals surface area contributed by atoms with Gasteiger partial charge in [0.15, 0.2) is 11.5 Å². The maximum Gasteiger partial charge on any atom is 0.162 e. The first-order valence-electron chi connectivity index (χ1n) is 6.59. The number of halogens is 2. The van der Waals surface area contributed by atoms with E-state index in [0.29, 0.717) is 51.1 Å². The second-order valence-corrected chi connectivity index (χ2v) is 5.51. The third kappa shape index (κ3) is 6.43. The summed E-state index contributed by atoms with van der Waals surface area (Å²) in [6.07, 6.45) is 0. The second kappa shape index (κ2) is 10.4. The quantitative estimate of drug-likeness (QED) is 0.544. The van der Waals surface area contributed by atoms with Crippen molar-refractivity contribution in [1.82, 2.24) is 0 Å². The molecule has 1 aromatic carbocycles. The molecule has 0 aliphatic carbocycles. The Morgan fingerprint density at radius 3 is 1.50 bits per heavy atom. The number of ether oxygens (including phenoxy) is 4. The summed E-state index contributed by atoms with van der Waals surface area (Å²) in [5.74, 6) is 1.38. The minimum absolute atomic E-state index is 0.490. The largest absolute Gasteiger partial charge is 0.487 e. The summed E-state index contributed by atoms with van der Waals surface area (Å²) in [6.45, 7) is 7.38. The Bertz CT molecular complexity index is 362. The fourth-order valence-electron chi connectivity index (χ4n) is 1.45. The molecule has 20 heavy (non-hydrogen) atoms. The van der Waals surface area contributed by atoms with Crippen LogP contribution in [0.25, 0.3) is 0 Å². The van der Waals surface area contributed by atoms with E-state index < -0.39 is 0 Å². The molecule has 114 valence electrons. The predicted octanol–water partition coefficient (Wildman–Crippen LogP) is 4.04. The molecule has 0 bridgehead atoms. The first-order valence-corrected chi connectivity index (χ1v) is 8.17. The van der Waals surface area contributed by atoms with E-state index in [0.717, 1.165) is 8.95 Å². The van der Waals surface area contributed by atoms with Crippen molar-refractivity contribution in [3.8, 4) is 11.5 Å². The third-order valence-corrected chi connectivity index (χ3v) is 4.21. The van der Waals surface area contributed by atoms with Crippen LogP contribution in [0.15, 0.2) is 21.1 Å². The Balaban J connectivity index is 2.61. The number of rotatable bonds is 10. The molecule has 0 heterocycles. The van der Waals surface area contributed by atoms with E-state index in [9.17, 15) is 0 Å². The first kappa shape index (κ1) is 17.8. The van der Waals surface area contributed by atoms with Gasteiger partial charge in [0.1, 0.15) is 13.2 Å². The SMILES string of the molecule is CCOCCOc1cc(Br)c(Br)cc1OCCOCC. The maximum atomic E-state index is 5.69. The van der Waals surface area contributed by atoms with E-state index in [1.807, 2.05) is 26.0 Å². The molecular formula is C14H20Br2O4. The van der Waals surface area contributed by atoms with Crippen molar-refractivity contribution >= 4 is 31.9 Å². The third-order valence-electron chi connectivity index (χ3n) is 2.37. The van der Waals surface area contributed by atoms with E-state index in [2.05, 4.69) is 31.9 Å². The Labute approximate surface area is 137 Å². The van der Waals surface area contributed by atoms with Crippen molar-refractivity contribution in [2.45, 2.75) is 13.8 Å². The standard InChI is InChI=1S/C14H20Br2O4/c1-3-17-5-7-19-13-9-11(15)12(16)10-14(13)20-8-6-18-4-2/h9-10H,3-8H2,1-2H3. The summed E-state index contributed by atoms with van der Waals surface area (Å²) in [7, 11) is 0. The average Bonchev–Trinajstić information content (AvgIpc) is 2.44. The summed E-state index contributed by atoms with van der Waals surface area (Å²) in [5.41, 5.74) is 0. The minimum atomic E-state index is 0.490.